The number of rotatable bonds is 18. The SMILES string of the molecule is [Pt+2].[Pt+2].[c-]1c(-c2ccccn2)cccc1N(c1[c-]c(-c2ccccn2)ccc1)c1ccc(-c2ccc3c(c2)c2cc4c5ccccc5n(-c5ccccc5)c4cc2n3-c2ccccc2)o1.[c-]1c(-c2ccccn2)cccc1N(c1[c-]c(-c2ccccn2)ccc1)c1ccc(-c2ccc3c(c2)c2cc4c5ccccc5n(-c5nc(-c6ccccc6)cc(-c6ccccc6)n5)c4cc2n3-c2ccccc2)o1. The Morgan fingerprint density at radius 2 is 0.500 bits per heavy atom. The smallest absolute Gasteiger partial charge is 0.440 e. The van der Waals surface area contributed by atoms with Crippen LogP contribution in [-0.2, 0) is 42.1 Å². The number of benzene rings is 15. The minimum Gasteiger partial charge on any atom is -0.440 e. The van der Waals surface area contributed by atoms with E-state index in [4.69, 9.17) is 18.8 Å². The second-order valence-corrected chi connectivity index (χ2v) is 33.4. The third-order valence-electron chi connectivity index (χ3n) is 25.3. The number of para-hydroxylation sites is 5. The van der Waals surface area contributed by atoms with Gasteiger partial charge in [-0.1, -0.05) is 200 Å². The van der Waals surface area contributed by atoms with E-state index in [1.807, 2.05) is 176 Å². The van der Waals surface area contributed by atoms with Crippen molar-refractivity contribution >= 4 is 122 Å². The van der Waals surface area contributed by atoms with Gasteiger partial charge in [-0.3, -0.25) is 4.57 Å². The van der Waals surface area contributed by atoms with Crippen molar-refractivity contribution in [2.75, 3.05) is 9.80 Å². The zero-order valence-corrected chi connectivity index (χ0v) is 78.2. The summed E-state index contributed by atoms with van der Waals surface area (Å²) in [6.07, 6.45) is 7.20. The first-order chi connectivity index (χ1) is 67.4. The Kier molecular flexibility index (Phi) is 22.5. The Labute approximate surface area is 823 Å². The largest absolute Gasteiger partial charge is 2.00 e. The number of hydrogen-bond acceptors (Lipinski definition) is 10. The third kappa shape index (κ3) is 15.6. The van der Waals surface area contributed by atoms with Gasteiger partial charge in [0.1, 0.15) is 11.5 Å². The van der Waals surface area contributed by atoms with Crippen LogP contribution in [0.4, 0.5) is 34.5 Å². The Morgan fingerprint density at radius 1 is 0.203 bits per heavy atom. The van der Waals surface area contributed by atoms with Crippen molar-refractivity contribution < 1.29 is 51.0 Å². The van der Waals surface area contributed by atoms with E-state index in [2.05, 4.69) is 333 Å². The van der Waals surface area contributed by atoms with Crippen molar-refractivity contribution in [1.82, 2.24) is 48.2 Å². The maximum Gasteiger partial charge on any atom is 2.00 e. The van der Waals surface area contributed by atoms with Crippen molar-refractivity contribution in [1.29, 1.82) is 0 Å². The van der Waals surface area contributed by atoms with Crippen LogP contribution in [0.5, 0.6) is 0 Å². The molecule has 11 aromatic heterocycles. The van der Waals surface area contributed by atoms with Crippen LogP contribution in [0, 0.1) is 24.3 Å². The Morgan fingerprint density at radius 3 is 0.848 bits per heavy atom. The summed E-state index contributed by atoms with van der Waals surface area (Å²) in [5.74, 6) is 3.31. The maximum atomic E-state index is 6.98. The fourth-order valence-corrected chi connectivity index (χ4v) is 19.1. The maximum absolute atomic E-state index is 6.98. The predicted octanol–water partition coefficient (Wildman–Crippen LogP) is 30.8. The molecule has 0 saturated heterocycles. The van der Waals surface area contributed by atoms with E-state index in [9.17, 15) is 0 Å². The van der Waals surface area contributed by atoms with Crippen LogP contribution in [0.1, 0.15) is 0 Å². The van der Waals surface area contributed by atoms with Crippen LogP contribution in [0.2, 0.25) is 0 Å². The van der Waals surface area contributed by atoms with E-state index in [1.54, 1.807) is 24.8 Å². The van der Waals surface area contributed by atoms with E-state index >= 15 is 0 Å². The molecule has 0 atom stereocenters. The topological polar surface area (TPSA) is 130 Å². The van der Waals surface area contributed by atoms with Gasteiger partial charge in [0.15, 0.2) is 0 Å². The van der Waals surface area contributed by atoms with Crippen molar-refractivity contribution in [3.63, 3.8) is 0 Å². The molecule has 26 rings (SSSR count). The number of nitrogens with zero attached hydrogens (tertiary/aromatic N) is 12. The van der Waals surface area contributed by atoms with Crippen LogP contribution < -0.4 is 9.80 Å². The first-order valence-corrected chi connectivity index (χ1v) is 45.2. The van der Waals surface area contributed by atoms with E-state index in [0.717, 1.165) is 196 Å². The van der Waals surface area contributed by atoms with Crippen LogP contribution in [0.3, 0.4) is 0 Å². The molecule has 26 aromatic rings. The molecule has 15 aromatic carbocycles. The number of pyridine rings is 4. The fourth-order valence-electron chi connectivity index (χ4n) is 19.1. The standard InChI is InChI=1S/C66H41N7O.C56H35N5O.2Pt/c1-4-18-44(19-5-1)58-42-59(45-20-6-2-7-21-45)70-66(69-58)73-60-31-11-10-28-52(60)54-41-55-53-40-48(32-33-61(53)72(62(55)43-63(54)73)49-24-8-3-9-25-49)64-34-35-65(74-64)71(50-26-16-22-46(38-50)56-29-12-14-36-67-56)51-27-17-23-47(39-51)57-30-13-15-37-68-57;1-3-17-41(18-4-1)60-51-26-8-7-23-45(51)47-36-48-46-35-40(27-28-52(46)61(54(48)37-53(47)60)42-19-5-2-6-20-42)55-29-30-56(62-55)59(43-21-13-15-38(33-43)49-24-9-11-31-57-49)44-22-14-16-39(34-44)50-25-10-12-32-58-50;;/h1-37,40-43H;1-32,35-37H;;/q2*-2;2*+2. The second kappa shape index (κ2) is 36.6. The van der Waals surface area contributed by atoms with Crippen molar-refractivity contribution in [3.8, 4) is 113 Å². The summed E-state index contributed by atoms with van der Waals surface area (Å²) in [6, 6.07) is 165. The van der Waals surface area contributed by atoms with Gasteiger partial charge in [0, 0.05) is 119 Å². The van der Waals surface area contributed by atoms with Crippen LogP contribution in [-0.4, -0.2) is 48.2 Å². The molecule has 0 saturated carbocycles. The van der Waals surface area contributed by atoms with Gasteiger partial charge in [-0.15, -0.1) is 119 Å². The van der Waals surface area contributed by atoms with Gasteiger partial charge >= 0.3 is 42.1 Å². The first-order valence-electron chi connectivity index (χ1n) is 45.2. The Hall–Kier alpha value is -17.3. The number of aromatic nitrogens is 10. The normalized spacial score (nSPS) is 11.4. The zero-order chi connectivity index (χ0) is 89.9. The molecular formula is C122H76N12O2Pt2. The van der Waals surface area contributed by atoms with E-state index in [-0.39, 0.29) is 42.1 Å². The van der Waals surface area contributed by atoms with Gasteiger partial charge in [-0.25, -0.2) is 9.97 Å². The number of hydrogen-bond donors (Lipinski definition) is 0. The van der Waals surface area contributed by atoms with Gasteiger partial charge in [-0.2, -0.15) is 0 Å². The molecule has 0 aliphatic heterocycles. The number of fused-ring (bicyclic) bond motifs is 12. The van der Waals surface area contributed by atoms with Crippen molar-refractivity contribution in [3.05, 3.63) is 486 Å². The van der Waals surface area contributed by atoms with E-state index < -0.39 is 0 Å². The molecule has 0 aliphatic rings. The van der Waals surface area contributed by atoms with Crippen LogP contribution in [0.15, 0.2) is 470 Å². The van der Waals surface area contributed by atoms with Gasteiger partial charge in [0.25, 0.3) is 0 Å². The monoisotopic (exact) mass is 2130 g/mol. The summed E-state index contributed by atoms with van der Waals surface area (Å²) < 4.78 is 23.2. The predicted molar refractivity (Wildman–Crippen MR) is 550 cm³/mol. The summed E-state index contributed by atoms with van der Waals surface area (Å²) in [5.41, 5.74) is 27.7. The summed E-state index contributed by atoms with van der Waals surface area (Å²) in [7, 11) is 0. The van der Waals surface area contributed by atoms with Gasteiger partial charge in [-0.05, 0) is 197 Å². The van der Waals surface area contributed by atoms with Crippen LogP contribution in [0.25, 0.3) is 200 Å². The quantitative estimate of drug-likeness (QED) is 0.0766. The van der Waals surface area contributed by atoms with Gasteiger partial charge < -0.3 is 52.3 Å². The Bertz CT molecular complexity index is 8760. The average molecular weight is 2130 g/mol. The summed E-state index contributed by atoms with van der Waals surface area (Å²) in [4.78, 5) is 33.3. The van der Waals surface area contributed by atoms with Crippen LogP contribution >= 0.6 is 0 Å². The number of furan rings is 2. The molecule has 0 fully saturated rings. The molecule has 16 heteroatoms. The fraction of sp³-hybridized carbons (Fsp3) is 0. The molecule has 11 heterocycles. The van der Waals surface area contributed by atoms with Crippen molar-refractivity contribution in [2.24, 2.45) is 0 Å². The number of anilines is 6. The molecular weight excluding hydrogens is 2060 g/mol. The molecule has 0 amide bonds. The summed E-state index contributed by atoms with van der Waals surface area (Å²) >= 11 is 0. The summed E-state index contributed by atoms with van der Waals surface area (Å²) in [5, 5.41) is 9.15. The van der Waals surface area contributed by atoms with Gasteiger partial charge in [0.2, 0.25) is 17.7 Å². The second-order valence-electron chi connectivity index (χ2n) is 33.4. The molecule has 138 heavy (non-hydrogen) atoms. The first kappa shape index (κ1) is 84.9. The molecule has 0 aliphatic carbocycles. The molecule has 0 unspecified atom stereocenters. The molecule has 0 N–H and O–H groups in total. The minimum absolute atomic E-state index is 0. The molecule has 0 radical (unpaired) electrons. The van der Waals surface area contributed by atoms with E-state index in [0.29, 0.717) is 17.7 Å². The average Bonchev–Trinajstić information content (AvgIpc) is 1.56. The molecule has 656 valence electrons. The zero-order valence-electron chi connectivity index (χ0n) is 73.7. The van der Waals surface area contributed by atoms with Gasteiger partial charge in [0.05, 0.1) is 55.5 Å². The molecule has 0 spiro atoms. The Balaban J connectivity index is 0.000000155. The summed E-state index contributed by atoms with van der Waals surface area (Å²) in [6.45, 7) is 0. The minimum atomic E-state index is 0. The van der Waals surface area contributed by atoms with E-state index in [1.165, 1.54) is 21.7 Å². The van der Waals surface area contributed by atoms with Crippen molar-refractivity contribution in [2.45, 2.75) is 0 Å². The molecule has 14 nitrogen and oxygen atoms in total. The molecule has 0 bridgehead atoms. The third-order valence-corrected chi connectivity index (χ3v) is 25.3.